The maximum atomic E-state index is 13.3. The summed E-state index contributed by atoms with van der Waals surface area (Å²) in [6, 6.07) is 2.20. The van der Waals surface area contributed by atoms with Gasteiger partial charge < -0.3 is 10.5 Å². The molecule has 0 aliphatic rings. The van der Waals surface area contributed by atoms with E-state index in [1.165, 1.54) is 13.2 Å². The molecule has 0 bridgehead atoms. The normalized spacial score (nSPS) is 10.5. The summed E-state index contributed by atoms with van der Waals surface area (Å²) in [6.45, 7) is 0. The maximum absolute atomic E-state index is 13.3. The lowest BCUT2D eigenvalue weighted by Crippen LogP contribution is -2.10. The van der Waals surface area contributed by atoms with Crippen molar-refractivity contribution >= 4 is 33.4 Å². The number of hydrogen-bond donors (Lipinski definition) is 1. The molecule has 2 aromatic rings. The van der Waals surface area contributed by atoms with Crippen LogP contribution in [0, 0.1) is 5.82 Å². The molecule has 1 amide bonds. The lowest BCUT2D eigenvalue weighted by Gasteiger charge is -1.99. The first-order chi connectivity index (χ1) is 8.02. The average Bonchev–Trinajstić information content (AvgIpc) is 2.70. The number of carbonyl (C=O) groups excluding carboxylic acids is 2. The number of primary amides is 1. The fourth-order valence-electron chi connectivity index (χ4n) is 1.37. The Labute approximate surface area is 99.0 Å². The van der Waals surface area contributed by atoms with E-state index in [1.807, 2.05) is 0 Å². The second kappa shape index (κ2) is 4.10. The van der Waals surface area contributed by atoms with Gasteiger partial charge in [-0.05, 0) is 12.1 Å². The molecule has 0 atom stereocenters. The smallest absolute Gasteiger partial charge is 0.340 e. The van der Waals surface area contributed by atoms with Crippen LogP contribution in [-0.4, -0.2) is 24.0 Å². The summed E-state index contributed by atoms with van der Waals surface area (Å²) in [5, 5.41) is 0.0238. The van der Waals surface area contributed by atoms with Gasteiger partial charge >= 0.3 is 5.97 Å². The summed E-state index contributed by atoms with van der Waals surface area (Å²) >= 11 is 0.928. The molecule has 1 heterocycles. The van der Waals surface area contributed by atoms with E-state index in [0.717, 1.165) is 17.4 Å². The molecule has 0 fully saturated rings. The number of thiazole rings is 1. The quantitative estimate of drug-likeness (QED) is 0.819. The Bertz CT molecular complexity index is 623. The summed E-state index contributed by atoms with van der Waals surface area (Å²) < 4.78 is 18.1. The van der Waals surface area contributed by atoms with Gasteiger partial charge in [-0.1, -0.05) is 0 Å². The number of methoxy groups -OCH3 is 1. The molecule has 17 heavy (non-hydrogen) atoms. The SMILES string of the molecule is COC(=O)c1cc(F)cc2sc(C(N)=O)nc12. The Morgan fingerprint density at radius 3 is 2.76 bits per heavy atom. The summed E-state index contributed by atoms with van der Waals surface area (Å²) in [4.78, 5) is 26.3. The molecule has 88 valence electrons. The Balaban J connectivity index is 2.74. The fraction of sp³-hybridized carbons (Fsp3) is 0.100. The van der Waals surface area contributed by atoms with Crippen molar-refractivity contribution in [3.63, 3.8) is 0 Å². The Hall–Kier alpha value is -2.02. The van der Waals surface area contributed by atoms with Gasteiger partial charge in [0, 0.05) is 0 Å². The molecule has 0 radical (unpaired) electrons. The second-order valence-electron chi connectivity index (χ2n) is 3.17. The molecule has 2 N–H and O–H groups in total. The van der Waals surface area contributed by atoms with Crippen LogP contribution in [0.3, 0.4) is 0 Å². The number of amides is 1. The summed E-state index contributed by atoms with van der Waals surface area (Å²) in [5.41, 5.74) is 5.27. The predicted molar refractivity (Wildman–Crippen MR) is 59.4 cm³/mol. The van der Waals surface area contributed by atoms with E-state index < -0.39 is 17.7 Å². The molecule has 0 aliphatic heterocycles. The van der Waals surface area contributed by atoms with Crippen molar-refractivity contribution in [1.29, 1.82) is 0 Å². The van der Waals surface area contributed by atoms with Gasteiger partial charge in [-0.2, -0.15) is 0 Å². The number of halogens is 1. The van der Waals surface area contributed by atoms with Crippen molar-refractivity contribution in [3.8, 4) is 0 Å². The molecule has 1 aromatic heterocycles. The maximum Gasteiger partial charge on any atom is 0.340 e. The van der Waals surface area contributed by atoms with E-state index in [4.69, 9.17) is 5.73 Å². The highest BCUT2D eigenvalue weighted by Crippen LogP contribution is 2.26. The number of ether oxygens (including phenoxy) is 1. The zero-order chi connectivity index (χ0) is 12.6. The zero-order valence-corrected chi connectivity index (χ0v) is 9.51. The number of nitrogens with two attached hydrogens (primary N) is 1. The topological polar surface area (TPSA) is 82.3 Å². The van der Waals surface area contributed by atoms with E-state index in [-0.39, 0.29) is 16.1 Å². The van der Waals surface area contributed by atoms with Crippen LogP contribution in [-0.2, 0) is 4.74 Å². The van der Waals surface area contributed by atoms with Gasteiger partial charge in [0.15, 0.2) is 5.01 Å². The largest absolute Gasteiger partial charge is 0.465 e. The van der Waals surface area contributed by atoms with E-state index >= 15 is 0 Å². The second-order valence-corrected chi connectivity index (χ2v) is 4.21. The molecular weight excluding hydrogens is 247 g/mol. The number of carbonyl (C=O) groups is 2. The van der Waals surface area contributed by atoms with E-state index in [9.17, 15) is 14.0 Å². The first kappa shape index (κ1) is 11.5. The molecule has 2 rings (SSSR count). The zero-order valence-electron chi connectivity index (χ0n) is 8.69. The van der Waals surface area contributed by atoms with Crippen molar-refractivity contribution in [2.45, 2.75) is 0 Å². The van der Waals surface area contributed by atoms with Gasteiger partial charge in [0.05, 0.1) is 22.9 Å². The predicted octanol–water partition coefficient (Wildman–Crippen LogP) is 1.32. The van der Waals surface area contributed by atoms with Gasteiger partial charge in [0.25, 0.3) is 5.91 Å². The number of esters is 1. The number of benzene rings is 1. The van der Waals surface area contributed by atoms with Crippen LogP contribution in [0.5, 0.6) is 0 Å². The number of aromatic nitrogens is 1. The average molecular weight is 254 g/mol. The summed E-state index contributed by atoms with van der Waals surface area (Å²) in [7, 11) is 1.18. The highest BCUT2D eigenvalue weighted by molar-refractivity contribution is 7.20. The van der Waals surface area contributed by atoms with Crippen molar-refractivity contribution < 1.29 is 18.7 Å². The van der Waals surface area contributed by atoms with Crippen molar-refractivity contribution in [2.75, 3.05) is 7.11 Å². The Morgan fingerprint density at radius 2 is 2.18 bits per heavy atom. The van der Waals surface area contributed by atoms with Gasteiger partial charge in [-0.3, -0.25) is 4.79 Å². The standard InChI is InChI=1S/C10H7FN2O3S/c1-16-10(15)5-2-4(11)3-6-7(5)13-9(17-6)8(12)14/h2-3H,1H3,(H2,12,14). The molecule has 1 aromatic carbocycles. The first-order valence-corrected chi connectivity index (χ1v) is 5.32. The highest BCUT2D eigenvalue weighted by atomic mass is 32.1. The lowest BCUT2D eigenvalue weighted by molar-refractivity contribution is 0.0602. The molecule has 0 spiro atoms. The van der Waals surface area contributed by atoms with Crippen LogP contribution in [0.1, 0.15) is 20.2 Å². The minimum Gasteiger partial charge on any atom is -0.465 e. The van der Waals surface area contributed by atoms with E-state index in [1.54, 1.807) is 0 Å². The molecular formula is C10H7FN2O3S. The van der Waals surface area contributed by atoms with Gasteiger partial charge in [-0.25, -0.2) is 14.2 Å². The number of rotatable bonds is 2. The van der Waals surface area contributed by atoms with Crippen LogP contribution in [0.25, 0.3) is 10.2 Å². The Morgan fingerprint density at radius 1 is 1.47 bits per heavy atom. The van der Waals surface area contributed by atoms with Crippen LogP contribution in [0.4, 0.5) is 4.39 Å². The lowest BCUT2D eigenvalue weighted by atomic mass is 10.2. The number of hydrogen-bond acceptors (Lipinski definition) is 5. The Kier molecular flexibility index (Phi) is 2.76. The van der Waals surface area contributed by atoms with Crippen LogP contribution in [0.15, 0.2) is 12.1 Å². The summed E-state index contributed by atoms with van der Waals surface area (Å²) in [5.74, 6) is -2.03. The van der Waals surface area contributed by atoms with Crippen LogP contribution in [0.2, 0.25) is 0 Å². The van der Waals surface area contributed by atoms with Crippen LogP contribution >= 0.6 is 11.3 Å². The van der Waals surface area contributed by atoms with Gasteiger partial charge in [-0.15, -0.1) is 11.3 Å². The van der Waals surface area contributed by atoms with E-state index in [2.05, 4.69) is 9.72 Å². The van der Waals surface area contributed by atoms with Gasteiger partial charge in [0.2, 0.25) is 0 Å². The minimum atomic E-state index is -0.720. The molecule has 7 heteroatoms. The number of nitrogens with zero attached hydrogens (tertiary/aromatic N) is 1. The fourth-order valence-corrected chi connectivity index (χ4v) is 2.24. The van der Waals surface area contributed by atoms with Crippen molar-refractivity contribution in [2.24, 2.45) is 5.73 Å². The monoisotopic (exact) mass is 254 g/mol. The summed E-state index contributed by atoms with van der Waals surface area (Å²) in [6.07, 6.45) is 0. The van der Waals surface area contributed by atoms with Gasteiger partial charge in [0.1, 0.15) is 5.82 Å². The molecule has 0 aliphatic carbocycles. The minimum absolute atomic E-state index is 0.0220. The molecule has 5 nitrogen and oxygen atoms in total. The third-order valence-corrected chi connectivity index (χ3v) is 3.09. The van der Waals surface area contributed by atoms with E-state index in [0.29, 0.717) is 4.70 Å². The third kappa shape index (κ3) is 1.96. The van der Waals surface area contributed by atoms with Crippen molar-refractivity contribution in [1.82, 2.24) is 4.98 Å². The van der Waals surface area contributed by atoms with Crippen LogP contribution < -0.4 is 5.73 Å². The molecule has 0 unspecified atom stereocenters. The first-order valence-electron chi connectivity index (χ1n) is 4.51. The molecule has 0 saturated carbocycles. The molecule has 0 saturated heterocycles. The van der Waals surface area contributed by atoms with Crippen molar-refractivity contribution in [3.05, 3.63) is 28.5 Å². The number of fused-ring (bicyclic) bond motifs is 1. The highest BCUT2D eigenvalue weighted by Gasteiger charge is 2.18. The third-order valence-electron chi connectivity index (χ3n) is 2.08.